The molecule has 0 saturated carbocycles. The topological polar surface area (TPSA) is 60.8 Å². The number of aliphatic hydroxyl groups is 2. The lowest BCUT2D eigenvalue weighted by Gasteiger charge is -2.18. The molecule has 0 rings (SSSR count). The maximum atomic E-state index is 11.7. The van der Waals surface area contributed by atoms with Gasteiger partial charge in [0.05, 0.1) is 13.2 Å². The highest BCUT2D eigenvalue weighted by Crippen LogP contribution is 2.08. The molecule has 0 unspecified atom stereocenters. The van der Waals surface area contributed by atoms with Gasteiger partial charge in [-0.2, -0.15) is 0 Å². The van der Waals surface area contributed by atoms with Crippen LogP contribution in [0.5, 0.6) is 0 Å². The summed E-state index contributed by atoms with van der Waals surface area (Å²) < 4.78 is 0. The number of hydrogen-bond donors (Lipinski definition) is 2. The maximum absolute atomic E-state index is 11.7. The predicted molar refractivity (Wildman–Crippen MR) is 82.5 cm³/mol. The van der Waals surface area contributed by atoms with Gasteiger partial charge >= 0.3 is 0 Å². The second-order valence-corrected chi connectivity index (χ2v) is 5.08. The highest BCUT2D eigenvalue weighted by atomic mass is 16.3. The lowest BCUT2D eigenvalue weighted by molar-refractivity contribution is -0.127. The van der Waals surface area contributed by atoms with Crippen molar-refractivity contribution in [2.24, 2.45) is 0 Å². The second kappa shape index (κ2) is 14.5. The first-order valence-corrected chi connectivity index (χ1v) is 7.93. The molecule has 1 amide bonds. The third-order valence-electron chi connectivity index (χ3n) is 3.29. The molecule has 0 aromatic carbocycles. The molecule has 20 heavy (non-hydrogen) atoms. The van der Waals surface area contributed by atoms with Crippen LogP contribution in [0, 0.1) is 0 Å². The number of rotatable bonds is 13. The van der Waals surface area contributed by atoms with Crippen LogP contribution in [0.2, 0.25) is 0 Å². The number of allylic oxidation sites excluding steroid dienone is 1. The van der Waals surface area contributed by atoms with E-state index in [0.29, 0.717) is 0 Å². The zero-order valence-electron chi connectivity index (χ0n) is 12.9. The summed E-state index contributed by atoms with van der Waals surface area (Å²) in [6.07, 6.45) is 13.3. The average Bonchev–Trinajstić information content (AvgIpc) is 2.45. The van der Waals surface area contributed by atoms with Gasteiger partial charge < -0.3 is 15.1 Å². The van der Waals surface area contributed by atoms with Gasteiger partial charge in [-0.05, 0) is 18.9 Å². The Hall–Kier alpha value is -0.870. The van der Waals surface area contributed by atoms with Crippen LogP contribution in [0.25, 0.3) is 0 Å². The van der Waals surface area contributed by atoms with Crippen LogP contribution in [0.1, 0.15) is 58.3 Å². The first-order chi connectivity index (χ1) is 9.76. The van der Waals surface area contributed by atoms with Crippen LogP contribution >= 0.6 is 0 Å². The van der Waals surface area contributed by atoms with E-state index in [2.05, 4.69) is 6.92 Å². The molecule has 118 valence electrons. The largest absolute Gasteiger partial charge is 0.395 e. The van der Waals surface area contributed by atoms with Crippen molar-refractivity contribution in [1.82, 2.24) is 4.90 Å². The molecular formula is C16H31NO3. The van der Waals surface area contributed by atoms with E-state index in [4.69, 9.17) is 10.2 Å². The van der Waals surface area contributed by atoms with E-state index in [1.807, 2.05) is 6.08 Å². The molecule has 0 radical (unpaired) electrons. The number of unbranched alkanes of at least 4 members (excludes halogenated alkanes) is 7. The fraction of sp³-hybridized carbons (Fsp3) is 0.812. The second-order valence-electron chi connectivity index (χ2n) is 5.08. The van der Waals surface area contributed by atoms with Gasteiger partial charge in [-0.1, -0.05) is 51.5 Å². The molecular weight excluding hydrogens is 254 g/mol. The Morgan fingerprint density at radius 1 is 0.950 bits per heavy atom. The van der Waals surface area contributed by atoms with Crippen LogP contribution in [0.4, 0.5) is 0 Å². The van der Waals surface area contributed by atoms with E-state index in [1.54, 1.807) is 6.08 Å². The van der Waals surface area contributed by atoms with Crippen LogP contribution in [-0.4, -0.2) is 47.3 Å². The Morgan fingerprint density at radius 3 is 2.05 bits per heavy atom. The highest BCUT2D eigenvalue weighted by molar-refractivity contribution is 5.87. The molecule has 0 bridgehead atoms. The Labute approximate surface area is 123 Å². The number of carbonyl (C=O) groups is 1. The number of carbonyl (C=O) groups excluding carboxylic acids is 1. The van der Waals surface area contributed by atoms with Crippen molar-refractivity contribution in [3.63, 3.8) is 0 Å². The van der Waals surface area contributed by atoms with E-state index in [1.165, 1.54) is 43.4 Å². The zero-order valence-corrected chi connectivity index (χ0v) is 12.9. The lowest BCUT2D eigenvalue weighted by Crippen LogP contribution is -2.34. The minimum absolute atomic E-state index is 0.0721. The third kappa shape index (κ3) is 11.0. The van der Waals surface area contributed by atoms with Crippen molar-refractivity contribution in [3.8, 4) is 0 Å². The predicted octanol–water partition coefficient (Wildman–Crippen LogP) is 2.50. The van der Waals surface area contributed by atoms with Crippen molar-refractivity contribution in [1.29, 1.82) is 0 Å². The smallest absolute Gasteiger partial charge is 0.246 e. The molecule has 0 aliphatic rings. The molecule has 0 aliphatic carbocycles. The van der Waals surface area contributed by atoms with Crippen LogP contribution < -0.4 is 0 Å². The molecule has 0 aliphatic heterocycles. The highest BCUT2D eigenvalue weighted by Gasteiger charge is 2.08. The third-order valence-corrected chi connectivity index (χ3v) is 3.29. The molecule has 0 aromatic rings. The molecule has 0 aromatic heterocycles. The van der Waals surface area contributed by atoms with Gasteiger partial charge in [0.25, 0.3) is 0 Å². The van der Waals surface area contributed by atoms with E-state index in [0.717, 1.165) is 12.8 Å². The van der Waals surface area contributed by atoms with E-state index < -0.39 is 0 Å². The monoisotopic (exact) mass is 285 g/mol. The summed E-state index contributed by atoms with van der Waals surface area (Å²) in [6, 6.07) is 0. The SMILES string of the molecule is CCCCCCCCCC=CC(=O)N(CCO)CCO. The van der Waals surface area contributed by atoms with Crippen molar-refractivity contribution in [3.05, 3.63) is 12.2 Å². The molecule has 4 nitrogen and oxygen atoms in total. The van der Waals surface area contributed by atoms with E-state index >= 15 is 0 Å². The molecule has 0 spiro atoms. The fourth-order valence-corrected chi connectivity index (χ4v) is 2.08. The molecule has 0 atom stereocenters. The van der Waals surface area contributed by atoms with Crippen molar-refractivity contribution >= 4 is 5.91 Å². The fourth-order valence-electron chi connectivity index (χ4n) is 2.08. The van der Waals surface area contributed by atoms with Gasteiger partial charge in [0, 0.05) is 13.1 Å². The molecule has 2 N–H and O–H groups in total. The van der Waals surface area contributed by atoms with E-state index in [-0.39, 0.29) is 32.2 Å². The molecule has 4 heteroatoms. The average molecular weight is 285 g/mol. The van der Waals surface area contributed by atoms with Gasteiger partial charge in [0.15, 0.2) is 0 Å². The lowest BCUT2D eigenvalue weighted by atomic mass is 10.1. The van der Waals surface area contributed by atoms with Crippen LogP contribution in [-0.2, 0) is 4.79 Å². The van der Waals surface area contributed by atoms with Gasteiger partial charge in [-0.25, -0.2) is 0 Å². The molecule has 0 fully saturated rings. The summed E-state index contributed by atoms with van der Waals surface area (Å²) in [6.45, 7) is 2.63. The van der Waals surface area contributed by atoms with Crippen molar-refractivity contribution in [2.75, 3.05) is 26.3 Å². The summed E-state index contributed by atoms with van der Waals surface area (Å²) in [7, 11) is 0. The summed E-state index contributed by atoms with van der Waals surface area (Å²) >= 11 is 0. The Bertz CT molecular complexity index is 248. The first-order valence-electron chi connectivity index (χ1n) is 7.93. The number of nitrogens with zero attached hydrogens (tertiary/aromatic N) is 1. The van der Waals surface area contributed by atoms with Gasteiger partial charge in [-0.3, -0.25) is 4.79 Å². The number of aliphatic hydroxyl groups excluding tert-OH is 2. The minimum atomic E-state index is -0.129. The number of hydrogen-bond acceptors (Lipinski definition) is 3. The Kier molecular flexibility index (Phi) is 13.9. The van der Waals surface area contributed by atoms with Gasteiger partial charge in [0.2, 0.25) is 5.91 Å². The standard InChI is InChI=1S/C16H31NO3/c1-2-3-4-5-6-7-8-9-10-11-16(20)17(12-14-18)13-15-19/h10-11,18-19H,2-9,12-15H2,1H3. The van der Waals surface area contributed by atoms with Crippen LogP contribution in [0.15, 0.2) is 12.2 Å². The quantitative estimate of drug-likeness (QED) is 0.404. The van der Waals surface area contributed by atoms with Crippen LogP contribution in [0.3, 0.4) is 0 Å². The normalized spacial score (nSPS) is 11.2. The van der Waals surface area contributed by atoms with Crippen molar-refractivity contribution < 1.29 is 15.0 Å². The van der Waals surface area contributed by atoms with E-state index in [9.17, 15) is 4.79 Å². The molecule has 0 heterocycles. The minimum Gasteiger partial charge on any atom is -0.395 e. The summed E-state index contributed by atoms with van der Waals surface area (Å²) in [5.41, 5.74) is 0. The Balaban J connectivity index is 3.63. The van der Waals surface area contributed by atoms with Gasteiger partial charge in [0.1, 0.15) is 0 Å². The first kappa shape index (κ1) is 19.1. The summed E-state index contributed by atoms with van der Waals surface area (Å²) in [5.74, 6) is -0.129. The van der Waals surface area contributed by atoms with Crippen molar-refractivity contribution in [2.45, 2.75) is 58.3 Å². The summed E-state index contributed by atoms with van der Waals surface area (Å²) in [4.78, 5) is 13.2. The zero-order chi connectivity index (χ0) is 15.1. The summed E-state index contributed by atoms with van der Waals surface area (Å²) in [5, 5.41) is 17.7. The maximum Gasteiger partial charge on any atom is 0.246 e. The van der Waals surface area contributed by atoms with Gasteiger partial charge in [-0.15, -0.1) is 0 Å². The Morgan fingerprint density at radius 2 is 1.50 bits per heavy atom. The number of amides is 1. The molecule has 0 saturated heterocycles.